The molecule has 0 saturated heterocycles. The van der Waals surface area contributed by atoms with E-state index in [9.17, 15) is 19.2 Å². The highest BCUT2D eigenvalue weighted by atomic mass is 35.5. The van der Waals surface area contributed by atoms with Gasteiger partial charge in [-0.2, -0.15) is 0 Å². The second kappa shape index (κ2) is 15.1. The van der Waals surface area contributed by atoms with E-state index in [0.29, 0.717) is 47.2 Å². The zero-order chi connectivity index (χ0) is 35.3. The Hall–Kier alpha value is -4.94. The van der Waals surface area contributed by atoms with Crippen LogP contribution < -0.4 is 20.7 Å². The van der Waals surface area contributed by atoms with Crippen LogP contribution in [0.1, 0.15) is 76.6 Å². The number of carbonyl (C=O) groups excluding carboxylic acids is 4. The second-order valence-corrected chi connectivity index (χ2v) is 13.5. The zero-order valence-corrected chi connectivity index (χ0v) is 29.4. The average Bonchev–Trinajstić information content (AvgIpc) is 3.46. The number of esters is 1. The first kappa shape index (κ1) is 35.4. The molecule has 2 aromatic heterocycles. The van der Waals surface area contributed by atoms with Crippen molar-refractivity contribution in [2.24, 2.45) is 0 Å². The van der Waals surface area contributed by atoms with Gasteiger partial charge < -0.3 is 30.2 Å². The third kappa shape index (κ3) is 8.38. The number of fused-ring (bicyclic) bond motifs is 3. The number of pyridine rings is 1. The Balaban J connectivity index is 1.54. The third-order valence-corrected chi connectivity index (χ3v) is 8.79. The van der Waals surface area contributed by atoms with Gasteiger partial charge in [0, 0.05) is 57.4 Å². The molecule has 0 fully saturated rings. The Morgan fingerprint density at radius 2 is 1.78 bits per heavy atom. The number of methoxy groups -OCH3 is 1. The van der Waals surface area contributed by atoms with Crippen molar-refractivity contribution in [2.75, 3.05) is 25.6 Å². The van der Waals surface area contributed by atoms with Crippen LogP contribution >= 0.6 is 22.9 Å². The van der Waals surface area contributed by atoms with E-state index in [2.05, 4.69) is 20.9 Å². The summed E-state index contributed by atoms with van der Waals surface area (Å²) in [5, 5.41) is 10.7. The fourth-order valence-electron chi connectivity index (χ4n) is 5.16. The lowest BCUT2D eigenvalue weighted by molar-refractivity contribution is 0.0522. The summed E-state index contributed by atoms with van der Waals surface area (Å²) in [5.41, 5.74) is 2.99. The summed E-state index contributed by atoms with van der Waals surface area (Å²) in [5.74, 6) is -1.16. The van der Waals surface area contributed by atoms with Crippen molar-refractivity contribution in [1.29, 1.82) is 0 Å². The van der Waals surface area contributed by atoms with Gasteiger partial charge in [0.05, 0.1) is 13.7 Å². The van der Waals surface area contributed by atoms with Crippen molar-refractivity contribution in [2.45, 2.75) is 52.7 Å². The van der Waals surface area contributed by atoms with Crippen molar-refractivity contribution in [1.82, 2.24) is 15.6 Å². The first-order chi connectivity index (χ1) is 23.4. The molecule has 4 aromatic rings. The molecule has 11 nitrogen and oxygen atoms in total. The molecule has 3 N–H and O–H groups in total. The van der Waals surface area contributed by atoms with Crippen LogP contribution in [-0.2, 0) is 22.4 Å². The van der Waals surface area contributed by atoms with Crippen LogP contribution in [0.5, 0.6) is 5.75 Å². The van der Waals surface area contributed by atoms with Crippen molar-refractivity contribution in [3.63, 3.8) is 0 Å². The maximum atomic E-state index is 14.2. The lowest BCUT2D eigenvalue weighted by Gasteiger charge is -2.20. The van der Waals surface area contributed by atoms with Crippen molar-refractivity contribution in [3.05, 3.63) is 87.0 Å². The Morgan fingerprint density at radius 3 is 2.49 bits per heavy atom. The van der Waals surface area contributed by atoms with E-state index >= 15 is 0 Å². The van der Waals surface area contributed by atoms with E-state index in [-0.39, 0.29) is 29.1 Å². The molecule has 13 heteroatoms. The topological polar surface area (TPSA) is 145 Å². The summed E-state index contributed by atoms with van der Waals surface area (Å²) in [6.07, 6.45) is 0.837. The van der Waals surface area contributed by atoms with Crippen LogP contribution in [0, 0.1) is 0 Å². The van der Waals surface area contributed by atoms with Gasteiger partial charge >= 0.3 is 12.1 Å². The summed E-state index contributed by atoms with van der Waals surface area (Å²) in [7, 11) is 1.22. The molecule has 2 aromatic carbocycles. The Labute approximate surface area is 293 Å². The number of rotatable bonds is 9. The minimum atomic E-state index is -0.773. The summed E-state index contributed by atoms with van der Waals surface area (Å²) in [6, 6.07) is 13.5. The minimum absolute atomic E-state index is 0.0359. The fraction of sp³-hybridized carbons (Fsp3) is 0.306. The number of aromatic nitrogens is 1. The van der Waals surface area contributed by atoms with E-state index in [1.807, 2.05) is 18.4 Å². The minimum Gasteiger partial charge on any atom is -0.493 e. The predicted octanol–water partition coefficient (Wildman–Crippen LogP) is 7.27. The highest BCUT2D eigenvalue weighted by Crippen LogP contribution is 2.43. The Morgan fingerprint density at radius 1 is 0.980 bits per heavy atom. The molecule has 0 radical (unpaired) electrons. The third-order valence-electron chi connectivity index (χ3n) is 7.45. The molecule has 49 heavy (non-hydrogen) atoms. The van der Waals surface area contributed by atoms with Gasteiger partial charge in [-0.25, -0.2) is 14.6 Å². The van der Waals surface area contributed by atoms with Gasteiger partial charge in [0.2, 0.25) is 0 Å². The van der Waals surface area contributed by atoms with Gasteiger partial charge in [-0.05, 0) is 86.2 Å². The number of alkyl carbamates (subject to hydrolysis) is 1. The van der Waals surface area contributed by atoms with Gasteiger partial charge in [-0.15, -0.1) is 11.3 Å². The summed E-state index contributed by atoms with van der Waals surface area (Å²) < 4.78 is 16.5. The fourth-order valence-corrected chi connectivity index (χ4v) is 6.38. The maximum Gasteiger partial charge on any atom is 0.407 e. The lowest BCUT2D eigenvalue weighted by atomic mass is 9.93. The van der Waals surface area contributed by atoms with Gasteiger partial charge in [-0.3, -0.25) is 9.59 Å². The number of nitrogens with one attached hydrogen (secondary N) is 3. The standard InChI is InChI=1S/C36H37ClN4O7S/c1-6-13-38-33(43)28-10-9-23(30(41-28)34(44)46-5)24-18-29-26(31-20(11-14-47-29)12-15-49-31)17-25(24)32(42)40-22-8-7-21(27(37)16-22)19-39-35(45)48-36(2,3)4/h7-10,12,15-18H,6,11,13-14,19H2,1-5H3,(H,38,43)(H,39,45)(H,40,42). The Kier molecular flexibility index (Phi) is 10.9. The maximum absolute atomic E-state index is 14.2. The molecule has 1 aliphatic heterocycles. The number of anilines is 1. The van der Waals surface area contributed by atoms with Crippen LogP contribution in [0.25, 0.3) is 21.6 Å². The number of thiophene rings is 1. The quantitative estimate of drug-likeness (QED) is 0.154. The average molecular weight is 705 g/mol. The first-order valence-electron chi connectivity index (χ1n) is 15.7. The number of benzene rings is 2. The van der Waals surface area contributed by atoms with Crippen molar-refractivity contribution in [3.8, 4) is 27.3 Å². The van der Waals surface area contributed by atoms with Crippen LogP contribution in [-0.4, -0.2) is 54.7 Å². The Bertz CT molecular complexity index is 1920. The van der Waals surface area contributed by atoms with Gasteiger partial charge in [0.25, 0.3) is 11.8 Å². The van der Waals surface area contributed by atoms with E-state index in [4.69, 9.17) is 25.8 Å². The molecule has 0 bridgehead atoms. The SMILES string of the molecule is CCCNC(=O)c1ccc(-c2cc3c(cc2C(=O)Nc2ccc(CNC(=O)OC(C)(C)C)c(Cl)c2)-c2sccc2CCO3)c(C(=O)OC)n1. The lowest BCUT2D eigenvalue weighted by Crippen LogP contribution is -2.32. The van der Waals surface area contributed by atoms with Crippen LogP contribution in [0.2, 0.25) is 5.02 Å². The number of hydrogen-bond acceptors (Lipinski definition) is 9. The molecule has 0 saturated carbocycles. The molecule has 0 atom stereocenters. The highest BCUT2D eigenvalue weighted by Gasteiger charge is 2.27. The molecule has 5 rings (SSSR count). The van der Waals surface area contributed by atoms with Gasteiger partial charge in [0.1, 0.15) is 17.0 Å². The molecule has 3 amide bonds. The van der Waals surface area contributed by atoms with Crippen LogP contribution in [0.4, 0.5) is 10.5 Å². The first-order valence-corrected chi connectivity index (χ1v) is 17.0. The molecule has 3 heterocycles. The molecule has 0 unspecified atom stereocenters. The van der Waals surface area contributed by atoms with E-state index in [1.165, 1.54) is 13.2 Å². The summed E-state index contributed by atoms with van der Waals surface area (Å²) >= 11 is 8.10. The number of amides is 3. The highest BCUT2D eigenvalue weighted by molar-refractivity contribution is 7.13. The van der Waals surface area contributed by atoms with Gasteiger partial charge in [0.15, 0.2) is 5.69 Å². The summed E-state index contributed by atoms with van der Waals surface area (Å²) in [6.45, 7) is 8.23. The van der Waals surface area contributed by atoms with E-state index in [0.717, 1.165) is 22.4 Å². The molecule has 1 aliphatic rings. The van der Waals surface area contributed by atoms with Crippen molar-refractivity contribution >= 4 is 52.5 Å². The van der Waals surface area contributed by atoms with Crippen LogP contribution in [0.15, 0.2) is 53.9 Å². The number of hydrogen-bond donors (Lipinski definition) is 3. The number of nitrogens with zero attached hydrogens (tertiary/aromatic N) is 1. The largest absolute Gasteiger partial charge is 0.493 e. The number of carbonyl (C=O) groups is 4. The predicted molar refractivity (Wildman–Crippen MR) is 189 cm³/mol. The number of ether oxygens (including phenoxy) is 3. The normalized spacial score (nSPS) is 12.0. The van der Waals surface area contributed by atoms with E-state index in [1.54, 1.807) is 68.5 Å². The zero-order valence-electron chi connectivity index (χ0n) is 27.8. The monoisotopic (exact) mass is 704 g/mol. The van der Waals surface area contributed by atoms with Gasteiger partial charge in [-0.1, -0.05) is 24.6 Å². The number of halogens is 1. The molecular formula is C36H37ClN4O7S. The molecule has 256 valence electrons. The molecular weight excluding hydrogens is 668 g/mol. The smallest absolute Gasteiger partial charge is 0.407 e. The van der Waals surface area contributed by atoms with Crippen LogP contribution in [0.3, 0.4) is 0 Å². The molecule has 0 aliphatic carbocycles. The second-order valence-electron chi connectivity index (χ2n) is 12.2. The summed E-state index contributed by atoms with van der Waals surface area (Å²) in [4.78, 5) is 57.5. The van der Waals surface area contributed by atoms with E-state index < -0.39 is 29.5 Å². The van der Waals surface area contributed by atoms with Crippen molar-refractivity contribution < 1.29 is 33.4 Å². The molecule has 0 spiro atoms.